The summed E-state index contributed by atoms with van der Waals surface area (Å²) in [6, 6.07) is 17.8. The van der Waals surface area contributed by atoms with Crippen LogP contribution in [0, 0.1) is 0 Å². The fraction of sp³-hybridized carbons (Fsp3) is 0.158. The molecule has 2 aromatic carbocycles. The standard InChI is InChI=1S/C19H17ClN2O3/c20-15-7-3-2-6-14(15)19(11-12-23,18(21)24)25-17-10-9-13-5-1-4-8-16(13)22-17/h1-10,23H,11-12H2,(H2,21,24). The van der Waals surface area contributed by atoms with Crippen LogP contribution in [0.3, 0.4) is 0 Å². The van der Waals surface area contributed by atoms with E-state index in [0.29, 0.717) is 10.6 Å². The highest BCUT2D eigenvalue weighted by Crippen LogP contribution is 2.35. The summed E-state index contributed by atoms with van der Waals surface area (Å²) >= 11 is 6.26. The van der Waals surface area contributed by atoms with Gasteiger partial charge in [0.2, 0.25) is 11.5 Å². The zero-order valence-corrected chi connectivity index (χ0v) is 14.1. The van der Waals surface area contributed by atoms with Gasteiger partial charge < -0.3 is 15.6 Å². The molecular formula is C19H17ClN2O3. The van der Waals surface area contributed by atoms with Crippen molar-refractivity contribution in [3.05, 3.63) is 71.2 Å². The third-order valence-electron chi connectivity index (χ3n) is 4.02. The van der Waals surface area contributed by atoms with Gasteiger partial charge in [-0.1, -0.05) is 48.0 Å². The average Bonchev–Trinajstić information content (AvgIpc) is 2.61. The predicted octanol–water partition coefficient (Wildman–Crippen LogP) is 3.03. The first-order valence-corrected chi connectivity index (χ1v) is 8.15. The van der Waals surface area contributed by atoms with E-state index in [1.807, 2.05) is 30.3 Å². The third kappa shape index (κ3) is 3.29. The summed E-state index contributed by atoms with van der Waals surface area (Å²) < 4.78 is 5.95. The van der Waals surface area contributed by atoms with E-state index in [0.717, 1.165) is 10.9 Å². The maximum Gasteiger partial charge on any atom is 0.266 e. The normalized spacial score (nSPS) is 13.4. The van der Waals surface area contributed by atoms with Crippen LogP contribution in [0.15, 0.2) is 60.7 Å². The number of nitrogens with two attached hydrogens (primary N) is 1. The van der Waals surface area contributed by atoms with Crippen LogP contribution in [0.1, 0.15) is 12.0 Å². The number of aliphatic hydroxyl groups excluding tert-OH is 1. The van der Waals surface area contributed by atoms with E-state index in [9.17, 15) is 9.90 Å². The maximum atomic E-state index is 12.3. The maximum absolute atomic E-state index is 12.3. The molecule has 0 aliphatic carbocycles. The van der Waals surface area contributed by atoms with Crippen LogP contribution in [-0.2, 0) is 10.4 Å². The lowest BCUT2D eigenvalue weighted by atomic mass is 9.89. The minimum absolute atomic E-state index is 0.0411. The van der Waals surface area contributed by atoms with Crippen molar-refractivity contribution in [2.45, 2.75) is 12.0 Å². The number of primary amides is 1. The zero-order valence-electron chi connectivity index (χ0n) is 13.4. The number of benzene rings is 2. The molecule has 0 aliphatic heterocycles. The average molecular weight is 357 g/mol. The zero-order chi connectivity index (χ0) is 17.9. The highest BCUT2D eigenvalue weighted by atomic mass is 35.5. The fourth-order valence-electron chi connectivity index (χ4n) is 2.78. The molecule has 0 radical (unpaired) electrons. The number of aromatic nitrogens is 1. The summed E-state index contributed by atoms with van der Waals surface area (Å²) in [7, 11) is 0. The molecule has 0 spiro atoms. The second kappa shape index (κ2) is 7.09. The monoisotopic (exact) mass is 356 g/mol. The van der Waals surface area contributed by atoms with Gasteiger partial charge in [0.05, 0.1) is 5.52 Å². The van der Waals surface area contributed by atoms with E-state index in [1.54, 1.807) is 30.3 Å². The number of fused-ring (bicyclic) bond motifs is 1. The number of pyridine rings is 1. The highest BCUT2D eigenvalue weighted by Gasteiger charge is 2.42. The van der Waals surface area contributed by atoms with Crippen molar-refractivity contribution in [3.63, 3.8) is 0 Å². The van der Waals surface area contributed by atoms with Gasteiger partial charge in [-0.2, -0.15) is 0 Å². The molecule has 3 N–H and O–H groups in total. The van der Waals surface area contributed by atoms with Gasteiger partial charge >= 0.3 is 0 Å². The molecule has 1 atom stereocenters. The second-order valence-electron chi connectivity index (χ2n) is 5.59. The SMILES string of the molecule is NC(=O)C(CCO)(Oc1ccc2ccccc2n1)c1ccccc1Cl. The number of ether oxygens (including phenoxy) is 1. The predicted molar refractivity (Wildman–Crippen MR) is 96.4 cm³/mol. The van der Waals surface area contributed by atoms with Crippen molar-refractivity contribution in [2.75, 3.05) is 6.61 Å². The van der Waals surface area contributed by atoms with Crippen LogP contribution in [0.5, 0.6) is 5.88 Å². The van der Waals surface area contributed by atoms with E-state index < -0.39 is 11.5 Å². The fourth-order valence-corrected chi connectivity index (χ4v) is 3.06. The minimum Gasteiger partial charge on any atom is -0.456 e. The number of amides is 1. The van der Waals surface area contributed by atoms with Crippen molar-refractivity contribution in [3.8, 4) is 5.88 Å². The Kier molecular flexibility index (Phi) is 4.88. The number of halogens is 1. The third-order valence-corrected chi connectivity index (χ3v) is 4.35. The Labute approximate surface area is 150 Å². The van der Waals surface area contributed by atoms with E-state index in [-0.39, 0.29) is 18.9 Å². The number of nitrogens with zero attached hydrogens (tertiary/aromatic N) is 1. The van der Waals surface area contributed by atoms with Crippen LogP contribution < -0.4 is 10.5 Å². The van der Waals surface area contributed by atoms with Crippen molar-refractivity contribution < 1.29 is 14.6 Å². The topological polar surface area (TPSA) is 85.4 Å². The summed E-state index contributed by atoms with van der Waals surface area (Å²) in [6.45, 7) is -0.304. The van der Waals surface area contributed by atoms with Crippen molar-refractivity contribution >= 4 is 28.4 Å². The molecule has 5 nitrogen and oxygen atoms in total. The lowest BCUT2D eigenvalue weighted by Crippen LogP contribution is -2.47. The molecule has 0 saturated heterocycles. The van der Waals surface area contributed by atoms with E-state index in [1.165, 1.54) is 0 Å². The van der Waals surface area contributed by atoms with Crippen LogP contribution >= 0.6 is 11.6 Å². The van der Waals surface area contributed by atoms with Crippen LogP contribution in [0.25, 0.3) is 10.9 Å². The molecule has 0 fully saturated rings. The molecule has 0 saturated carbocycles. The molecule has 0 bridgehead atoms. The molecule has 1 amide bonds. The van der Waals surface area contributed by atoms with Gasteiger partial charge in [-0.25, -0.2) is 4.98 Å². The Morgan fingerprint density at radius 3 is 2.56 bits per heavy atom. The lowest BCUT2D eigenvalue weighted by Gasteiger charge is -2.31. The first kappa shape index (κ1) is 17.2. The minimum atomic E-state index is -1.61. The number of carbonyl (C=O) groups is 1. The summed E-state index contributed by atoms with van der Waals surface area (Å²) in [5.74, 6) is -0.518. The molecule has 0 aliphatic rings. The number of aliphatic hydroxyl groups is 1. The molecular weight excluding hydrogens is 340 g/mol. The first-order chi connectivity index (χ1) is 12.1. The Morgan fingerprint density at radius 2 is 1.84 bits per heavy atom. The Balaban J connectivity index is 2.10. The van der Waals surface area contributed by atoms with E-state index in [4.69, 9.17) is 22.1 Å². The number of carbonyl (C=O) groups excluding carboxylic acids is 1. The number of hydrogen-bond donors (Lipinski definition) is 2. The molecule has 3 rings (SSSR count). The first-order valence-electron chi connectivity index (χ1n) is 7.77. The summed E-state index contributed by atoms with van der Waals surface area (Å²) in [6.07, 6.45) is -0.0411. The number of hydrogen-bond acceptors (Lipinski definition) is 4. The van der Waals surface area contributed by atoms with Gasteiger partial charge in [0.15, 0.2) is 0 Å². The van der Waals surface area contributed by atoms with Crippen molar-refractivity contribution in [2.24, 2.45) is 5.73 Å². The summed E-state index contributed by atoms with van der Waals surface area (Å²) in [5.41, 5.74) is 5.17. The quantitative estimate of drug-likeness (QED) is 0.710. The Bertz CT molecular complexity index is 916. The highest BCUT2D eigenvalue weighted by molar-refractivity contribution is 6.31. The molecule has 3 aromatic rings. The van der Waals surface area contributed by atoms with Gasteiger partial charge in [0.25, 0.3) is 5.91 Å². The molecule has 1 unspecified atom stereocenters. The van der Waals surface area contributed by atoms with E-state index in [2.05, 4.69) is 4.98 Å². The van der Waals surface area contributed by atoms with Crippen LogP contribution in [0.2, 0.25) is 5.02 Å². The molecule has 1 aromatic heterocycles. The van der Waals surface area contributed by atoms with Gasteiger partial charge in [-0.15, -0.1) is 0 Å². The van der Waals surface area contributed by atoms with E-state index >= 15 is 0 Å². The Hall–Kier alpha value is -2.63. The van der Waals surface area contributed by atoms with Gasteiger partial charge in [-0.05, 0) is 18.2 Å². The summed E-state index contributed by atoms with van der Waals surface area (Å²) in [4.78, 5) is 16.8. The smallest absolute Gasteiger partial charge is 0.266 e. The number of para-hydroxylation sites is 1. The molecule has 6 heteroatoms. The van der Waals surface area contributed by atoms with Crippen LogP contribution in [-0.4, -0.2) is 22.6 Å². The van der Waals surface area contributed by atoms with Gasteiger partial charge in [0.1, 0.15) is 0 Å². The van der Waals surface area contributed by atoms with Gasteiger partial charge in [-0.3, -0.25) is 4.79 Å². The Morgan fingerprint density at radius 1 is 1.12 bits per heavy atom. The largest absolute Gasteiger partial charge is 0.456 e. The van der Waals surface area contributed by atoms with Gasteiger partial charge in [0, 0.05) is 35.1 Å². The van der Waals surface area contributed by atoms with Crippen LogP contribution in [0.4, 0.5) is 0 Å². The second-order valence-corrected chi connectivity index (χ2v) is 6.00. The molecule has 25 heavy (non-hydrogen) atoms. The lowest BCUT2D eigenvalue weighted by molar-refractivity contribution is -0.136. The molecule has 1 heterocycles. The van der Waals surface area contributed by atoms with Crippen molar-refractivity contribution in [1.82, 2.24) is 4.98 Å². The summed E-state index contributed by atoms with van der Waals surface area (Å²) in [5, 5.41) is 10.8. The number of rotatable bonds is 6. The molecule has 128 valence electrons. The van der Waals surface area contributed by atoms with Crippen molar-refractivity contribution in [1.29, 1.82) is 0 Å².